The highest BCUT2D eigenvalue weighted by molar-refractivity contribution is 6.36. The Kier molecular flexibility index (Phi) is 7.29. The molecule has 0 aliphatic carbocycles. The van der Waals surface area contributed by atoms with E-state index < -0.39 is 0 Å². The number of nitrogens with zero attached hydrogens (tertiary/aromatic N) is 2. The van der Waals surface area contributed by atoms with Gasteiger partial charge in [-0.2, -0.15) is 0 Å². The molecule has 0 spiro atoms. The number of amides is 1. The minimum Gasteiger partial charge on any atom is -0.496 e. The Morgan fingerprint density at radius 1 is 1.26 bits per heavy atom. The lowest BCUT2D eigenvalue weighted by Crippen LogP contribution is -2.23. The fraction of sp³-hybridized carbons (Fsp3) is 0.231. The minimum absolute atomic E-state index is 0.156. The van der Waals surface area contributed by atoms with Crippen molar-refractivity contribution < 1.29 is 13.9 Å². The van der Waals surface area contributed by atoms with Gasteiger partial charge in [0.05, 0.1) is 24.7 Å². The van der Waals surface area contributed by atoms with Crippen LogP contribution in [-0.2, 0) is 11.3 Å². The Labute approximate surface area is 208 Å². The highest BCUT2D eigenvalue weighted by Gasteiger charge is 2.20. The number of allylic oxidation sites excluding steroid dienone is 1. The largest absolute Gasteiger partial charge is 0.496 e. The van der Waals surface area contributed by atoms with Crippen molar-refractivity contribution in [3.05, 3.63) is 76.5 Å². The maximum atomic E-state index is 12.6. The predicted octanol–water partition coefficient (Wildman–Crippen LogP) is 6.53. The van der Waals surface area contributed by atoms with Crippen molar-refractivity contribution in [3.8, 4) is 16.9 Å². The second kappa shape index (κ2) is 10.4. The van der Waals surface area contributed by atoms with E-state index in [0.717, 1.165) is 46.2 Å². The number of carbonyl (C=O) groups is 1. The third kappa shape index (κ3) is 4.98. The molecular weight excluding hydrogens is 473 g/mol. The maximum absolute atomic E-state index is 12.6. The standard InChI is InChI=1S/C26H25Cl2N3O3/c1-16(11-24(32)30-7-4-9-31-10-8-29-15-31)20-13-21-22(19-6-5-18(27)12-23(19)28)14-34-26(21)17(2)25(20)33-3/h5-6,8,10-15H,4,7,9H2,1-3H3,(H,30,32)/b16-11+. The summed E-state index contributed by atoms with van der Waals surface area (Å²) < 4.78 is 13.6. The van der Waals surface area contributed by atoms with Crippen molar-refractivity contribution in [2.24, 2.45) is 0 Å². The molecule has 0 saturated heterocycles. The molecule has 34 heavy (non-hydrogen) atoms. The number of benzene rings is 2. The number of rotatable bonds is 8. The van der Waals surface area contributed by atoms with Crippen LogP contribution in [0.3, 0.4) is 0 Å². The van der Waals surface area contributed by atoms with Gasteiger partial charge in [-0.3, -0.25) is 4.79 Å². The van der Waals surface area contributed by atoms with Crippen LogP contribution in [0.25, 0.3) is 27.7 Å². The molecule has 0 aliphatic heterocycles. The molecule has 0 fully saturated rings. The van der Waals surface area contributed by atoms with Gasteiger partial charge in [-0.25, -0.2) is 4.98 Å². The lowest BCUT2D eigenvalue weighted by molar-refractivity contribution is -0.116. The van der Waals surface area contributed by atoms with Gasteiger partial charge in [-0.1, -0.05) is 29.3 Å². The van der Waals surface area contributed by atoms with Gasteiger partial charge in [0.15, 0.2) is 0 Å². The van der Waals surface area contributed by atoms with Gasteiger partial charge < -0.3 is 19.0 Å². The van der Waals surface area contributed by atoms with Gasteiger partial charge in [-0.05, 0) is 44.0 Å². The van der Waals surface area contributed by atoms with Gasteiger partial charge >= 0.3 is 0 Å². The molecule has 2 aromatic heterocycles. The van der Waals surface area contributed by atoms with E-state index in [9.17, 15) is 4.79 Å². The average Bonchev–Trinajstić information content (AvgIpc) is 3.47. The lowest BCUT2D eigenvalue weighted by atomic mass is 9.96. The number of fused-ring (bicyclic) bond motifs is 1. The molecule has 176 valence electrons. The molecule has 0 radical (unpaired) electrons. The number of ether oxygens (including phenoxy) is 1. The number of imidazole rings is 1. The SMILES string of the molecule is COc1c(/C(C)=C/C(=O)NCCCn2ccnc2)cc2c(-c3ccc(Cl)cc3Cl)coc2c1C. The highest BCUT2D eigenvalue weighted by atomic mass is 35.5. The molecule has 2 heterocycles. The van der Waals surface area contributed by atoms with E-state index in [-0.39, 0.29) is 5.91 Å². The molecule has 0 bridgehead atoms. The normalized spacial score (nSPS) is 11.7. The Bertz CT molecular complexity index is 1360. The van der Waals surface area contributed by atoms with Crippen molar-refractivity contribution in [1.82, 2.24) is 14.9 Å². The van der Waals surface area contributed by atoms with Gasteiger partial charge in [0, 0.05) is 64.2 Å². The third-order valence-electron chi connectivity index (χ3n) is 5.69. The monoisotopic (exact) mass is 497 g/mol. The number of nitrogens with one attached hydrogen (secondary N) is 1. The Hall–Kier alpha value is -3.22. The van der Waals surface area contributed by atoms with E-state index in [1.807, 2.05) is 36.7 Å². The van der Waals surface area contributed by atoms with Crippen LogP contribution in [0.2, 0.25) is 10.0 Å². The molecule has 0 saturated carbocycles. The van der Waals surface area contributed by atoms with E-state index >= 15 is 0 Å². The van der Waals surface area contributed by atoms with Crippen molar-refractivity contribution in [3.63, 3.8) is 0 Å². The zero-order valence-electron chi connectivity index (χ0n) is 19.2. The summed E-state index contributed by atoms with van der Waals surface area (Å²) in [7, 11) is 1.61. The summed E-state index contributed by atoms with van der Waals surface area (Å²) in [5.74, 6) is 0.508. The minimum atomic E-state index is -0.156. The summed E-state index contributed by atoms with van der Waals surface area (Å²) in [6, 6.07) is 7.34. The summed E-state index contributed by atoms with van der Waals surface area (Å²) in [5, 5.41) is 4.92. The van der Waals surface area contributed by atoms with Crippen molar-refractivity contribution in [1.29, 1.82) is 0 Å². The highest BCUT2D eigenvalue weighted by Crippen LogP contribution is 2.42. The molecule has 6 nitrogen and oxygen atoms in total. The first-order valence-corrected chi connectivity index (χ1v) is 11.6. The van der Waals surface area contributed by atoms with E-state index in [4.69, 9.17) is 32.4 Å². The Balaban J connectivity index is 1.62. The summed E-state index contributed by atoms with van der Waals surface area (Å²) >= 11 is 12.5. The number of halogens is 2. The van der Waals surface area contributed by atoms with Crippen LogP contribution in [0.15, 0.2) is 59.7 Å². The summed E-state index contributed by atoms with van der Waals surface area (Å²) in [6.45, 7) is 5.19. The Morgan fingerprint density at radius 3 is 2.79 bits per heavy atom. The second-order valence-corrected chi connectivity index (χ2v) is 8.85. The number of methoxy groups -OCH3 is 1. The van der Waals surface area contributed by atoms with Gasteiger partial charge in [0.1, 0.15) is 11.3 Å². The quantitative estimate of drug-likeness (QED) is 0.222. The van der Waals surface area contributed by atoms with Crippen molar-refractivity contribution >= 4 is 45.7 Å². The average molecular weight is 498 g/mol. The Morgan fingerprint density at radius 2 is 2.09 bits per heavy atom. The smallest absolute Gasteiger partial charge is 0.244 e. The van der Waals surface area contributed by atoms with E-state index in [0.29, 0.717) is 27.9 Å². The number of hydrogen-bond donors (Lipinski definition) is 1. The summed E-state index contributed by atoms with van der Waals surface area (Å²) in [5.41, 5.74) is 4.81. The zero-order valence-corrected chi connectivity index (χ0v) is 20.7. The van der Waals surface area contributed by atoms with Gasteiger partial charge in [-0.15, -0.1) is 0 Å². The first-order chi connectivity index (χ1) is 16.4. The van der Waals surface area contributed by atoms with E-state index in [1.54, 1.807) is 44.1 Å². The zero-order chi connectivity index (χ0) is 24.2. The van der Waals surface area contributed by atoms with Crippen molar-refractivity contribution in [2.45, 2.75) is 26.8 Å². The molecule has 0 unspecified atom stereocenters. The van der Waals surface area contributed by atoms with E-state index in [1.165, 1.54) is 0 Å². The van der Waals surface area contributed by atoms with Gasteiger partial charge in [0.25, 0.3) is 0 Å². The second-order valence-electron chi connectivity index (χ2n) is 8.01. The fourth-order valence-electron chi connectivity index (χ4n) is 4.01. The third-order valence-corrected chi connectivity index (χ3v) is 6.24. The van der Waals surface area contributed by atoms with Crippen LogP contribution in [0, 0.1) is 6.92 Å². The van der Waals surface area contributed by atoms with Crippen LogP contribution >= 0.6 is 23.2 Å². The van der Waals surface area contributed by atoms with Crippen molar-refractivity contribution in [2.75, 3.05) is 13.7 Å². The molecular formula is C26H25Cl2N3O3. The van der Waals surface area contributed by atoms with E-state index in [2.05, 4.69) is 10.3 Å². The number of aryl methyl sites for hydroxylation is 2. The first-order valence-electron chi connectivity index (χ1n) is 10.9. The predicted molar refractivity (Wildman–Crippen MR) is 136 cm³/mol. The van der Waals surface area contributed by atoms with Crippen LogP contribution in [0.4, 0.5) is 0 Å². The summed E-state index contributed by atoms with van der Waals surface area (Å²) in [6.07, 6.45) is 9.49. The summed E-state index contributed by atoms with van der Waals surface area (Å²) in [4.78, 5) is 16.6. The van der Waals surface area contributed by atoms with Crippen LogP contribution in [0.1, 0.15) is 24.5 Å². The molecule has 1 N–H and O–H groups in total. The van der Waals surface area contributed by atoms with Crippen LogP contribution < -0.4 is 10.1 Å². The lowest BCUT2D eigenvalue weighted by Gasteiger charge is -2.13. The molecule has 8 heteroatoms. The maximum Gasteiger partial charge on any atom is 0.244 e. The molecule has 2 aromatic carbocycles. The molecule has 4 aromatic rings. The van der Waals surface area contributed by atoms with Gasteiger partial charge in [0.2, 0.25) is 5.91 Å². The van der Waals surface area contributed by atoms with Crippen LogP contribution in [-0.4, -0.2) is 29.1 Å². The van der Waals surface area contributed by atoms with Crippen LogP contribution in [0.5, 0.6) is 5.75 Å². The first kappa shape index (κ1) is 23.9. The molecule has 0 atom stereocenters. The molecule has 0 aliphatic rings. The topological polar surface area (TPSA) is 69.3 Å². The number of furan rings is 1. The number of hydrogen-bond acceptors (Lipinski definition) is 4. The molecule has 4 rings (SSSR count). The fourth-order valence-corrected chi connectivity index (χ4v) is 4.52. The molecule has 1 amide bonds. The number of aromatic nitrogens is 2. The number of carbonyl (C=O) groups excluding carboxylic acids is 1.